The Morgan fingerprint density at radius 2 is 1.29 bits per heavy atom. The van der Waals surface area contributed by atoms with Crippen molar-refractivity contribution in [1.29, 1.82) is 0 Å². The highest BCUT2D eigenvalue weighted by Crippen LogP contribution is 2.49. The van der Waals surface area contributed by atoms with Crippen molar-refractivity contribution in [3.05, 3.63) is 108 Å². The molecule has 176 valence electrons. The average Bonchev–Trinajstić information content (AvgIpc) is 3.18. The second kappa shape index (κ2) is 9.20. The summed E-state index contributed by atoms with van der Waals surface area (Å²) < 4.78 is 14.5. The lowest BCUT2D eigenvalue weighted by Gasteiger charge is -2.25. The fourth-order valence-corrected chi connectivity index (χ4v) is 7.27. The standard InChI is InChI=1S/C31H29O3S/c1-21-18-24(35-27-16-10-8-14-25(27)26-15-9-11-17-28(26)35)19-22(2)30(21)33-20-29(32)34-31(3,4)23-12-6-5-7-13-23/h5-19H,20H2,1-4H3/q+1. The zero-order chi connectivity index (χ0) is 24.6. The van der Waals surface area contributed by atoms with Crippen molar-refractivity contribution < 1.29 is 14.3 Å². The number of aryl methyl sites for hydroxylation is 2. The minimum atomic E-state index is -0.722. The van der Waals surface area contributed by atoms with Crippen molar-refractivity contribution in [2.45, 2.75) is 33.3 Å². The SMILES string of the molecule is Cc1cc(-[s+]2c3ccccc3c3ccccc32)cc(C)c1OCC(=O)OC(C)(C)c1ccccc1. The van der Waals surface area contributed by atoms with E-state index >= 15 is 0 Å². The van der Waals surface area contributed by atoms with Crippen LogP contribution in [0.3, 0.4) is 0 Å². The minimum absolute atomic E-state index is 0.130. The lowest BCUT2D eigenvalue weighted by atomic mass is 9.98. The Labute approximate surface area is 208 Å². The summed E-state index contributed by atoms with van der Waals surface area (Å²) in [6.45, 7) is 7.74. The Bertz CT molecular complexity index is 1450. The number of hydrogen-bond donors (Lipinski definition) is 0. The molecule has 0 radical (unpaired) electrons. The molecule has 0 spiro atoms. The predicted octanol–water partition coefficient (Wildman–Crippen LogP) is 8.21. The van der Waals surface area contributed by atoms with E-state index in [1.807, 2.05) is 58.0 Å². The van der Waals surface area contributed by atoms with Gasteiger partial charge in [-0.2, -0.15) is 0 Å². The third-order valence-corrected chi connectivity index (χ3v) is 8.64. The third kappa shape index (κ3) is 4.42. The number of rotatable bonds is 6. The molecule has 1 heterocycles. The number of benzene rings is 4. The van der Waals surface area contributed by atoms with Gasteiger partial charge >= 0.3 is 5.97 Å². The van der Waals surface area contributed by atoms with Crippen molar-refractivity contribution in [3.63, 3.8) is 0 Å². The van der Waals surface area contributed by atoms with Crippen LogP contribution in [0, 0.1) is 13.8 Å². The Morgan fingerprint density at radius 3 is 1.86 bits per heavy atom. The molecule has 4 heteroatoms. The van der Waals surface area contributed by atoms with E-state index in [1.54, 1.807) is 0 Å². The lowest BCUT2D eigenvalue weighted by Crippen LogP contribution is -2.28. The molecule has 4 aromatic carbocycles. The Balaban J connectivity index is 1.41. The highest BCUT2D eigenvalue weighted by molar-refractivity contribution is 7.50. The molecule has 0 saturated heterocycles. The van der Waals surface area contributed by atoms with Gasteiger partial charge in [0, 0.05) is 33.4 Å². The molecular formula is C31H29O3S+. The highest BCUT2D eigenvalue weighted by Gasteiger charge is 2.27. The van der Waals surface area contributed by atoms with Crippen LogP contribution < -0.4 is 4.74 Å². The molecule has 35 heavy (non-hydrogen) atoms. The van der Waals surface area contributed by atoms with Gasteiger partial charge in [-0.05, 0) is 68.7 Å². The summed E-state index contributed by atoms with van der Waals surface area (Å²) in [5.41, 5.74) is 2.26. The third-order valence-electron chi connectivity index (χ3n) is 6.35. The molecule has 0 amide bonds. The molecule has 0 unspecified atom stereocenters. The molecule has 0 N–H and O–H groups in total. The molecule has 0 aliphatic carbocycles. The van der Waals surface area contributed by atoms with Gasteiger partial charge in [-0.1, -0.05) is 54.6 Å². The van der Waals surface area contributed by atoms with Crippen LogP contribution in [-0.4, -0.2) is 12.6 Å². The van der Waals surface area contributed by atoms with Gasteiger partial charge in [-0.3, -0.25) is 0 Å². The van der Waals surface area contributed by atoms with E-state index in [-0.39, 0.29) is 23.0 Å². The maximum atomic E-state index is 12.6. The van der Waals surface area contributed by atoms with Gasteiger partial charge in [-0.15, -0.1) is 0 Å². The van der Waals surface area contributed by atoms with E-state index in [4.69, 9.17) is 9.47 Å². The summed E-state index contributed by atoms with van der Waals surface area (Å²) in [4.78, 5) is 13.9. The molecular weight excluding hydrogens is 452 g/mol. The van der Waals surface area contributed by atoms with Crippen LogP contribution in [0.15, 0.2) is 91.0 Å². The van der Waals surface area contributed by atoms with Crippen LogP contribution in [0.4, 0.5) is 0 Å². The van der Waals surface area contributed by atoms with E-state index in [0.29, 0.717) is 0 Å². The topological polar surface area (TPSA) is 35.5 Å². The van der Waals surface area contributed by atoms with Gasteiger partial charge in [0.05, 0.1) is 0 Å². The fourth-order valence-electron chi connectivity index (χ4n) is 4.71. The molecule has 5 aromatic rings. The summed E-state index contributed by atoms with van der Waals surface area (Å²) in [6, 6.07) is 31.5. The molecule has 0 saturated carbocycles. The molecule has 0 atom stereocenters. The van der Waals surface area contributed by atoms with E-state index in [0.717, 1.165) is 22.4 Å². The summed E-state index contributed by atoms with van der Waals surface area (Å²) in [7, 11) is -0.164. The molecule has 1 aromatic heterocycles. The van der Waals surface area contributed by atoms with Crippen molar-refractivity contribution in [3.8, 4) is 10.6 Å². The van der Waals surface area contributed by atoms with Gasteiger partial charge in [-0.25, -0.2) is 4.79 Å². The monoisotopic (exact) mass is 481 g/mol. The van der Waals surface area contributed by atoms with Crippen molar-refractivity contribution >= 4 is 36.6 Å². The van der Waals surface area contributed by atoms with Crippen LogP contribution in [-0.2, 0) is 15.1 Å². The number of ether oxygens (including phenoxy) is 2. The minimum Gasteiger partial charge on any atom is -0.481 e. The van der Waals surface area contributed by atoms with Crippen LogP contribution in [0.2, 0.25) is 0 Å². The lowest BCUT2D eigenvalue weighted by molar-refractivity contribution is -0.159. The Hall–Kier alpha value is -3.63. The second-order valence-corrected chi connectivity index (χ2v) is 11.3. The number of hydrogen-bond acceptors (Lipinski definition) is 3. The van der Waals surface area contributed by atoms with Crippen molar-refractivity contribution in [2.24, 2.45) is 0 Å². The van der Waals surface area contributed by atoms with Gasteiger partial charge < -0.3 is 9.47 Å². The summed E-state index contributed by atoms with van der Waals surface area (Å²) >= 11 is 0. The first-order chi connectivity index (χ1) is 16.8. The van der Waals surface area contributed by atoms with E-state index in [9.17, 15) is 4.79 Å². The van der Waals surface area contributed by atoms with Gasteiger partial charge in [0.25, 0.3) is 0 Å². The molecule has 3 nitrogen and oxygen atoms in total. The van der Waals surface area contributed by atoms with E-state index in [1.165, 1.54) is 25.1 Å². The maximum Gasteiger partial charge on any atom is 0.345 e. The first-order valence-corrected chi connectivity index (χ1v) is 13.0. The summed E-state index contributed by atoms with van der Waals surface area (Å²) in [5.74, 6) is 0.356. The number of thiophene rings is 1. The van der Waals surface area contributed by atoms with Crippen molar-refractivity contribution in [2.75, 3.05) is 6.61 Å². The number of esters is 1. The highest BCUT2D eigenvalue weighted by atomic mass is 32.2. The van der Waals surface area contributed by atoms with Crippen molar-refractivity contribution in [1.82, 2.24) is 0 Å². The average molecular weight is 482 g/mol. The molecule has 5 rings (SSSR count). The fraction of sp³-hybridized carbons (Fsp3) is 0.194. The van der Waals surface area contributed by atoms with Crippen LogP contribution in [0.5, 0.6) is 5.75 Å². The van der Waals surface area contributed by atoms with E-state index < -0.39 is 5.60 Å². The number of carbonyl (C=O) groups is 1. The van der Waals surface area contributed by atoms with Gasteiger partial charge in [0.15, 0.2) is 20.9 Å². The predicted molar refractivity (Wildman–Crippen MR) is 146 cm³/mol. The number of fused-ring (bicyclic) bond motifs is 3. The largest absolute Gasteiger partial charge is 0.481 e. The molecule has 0 aliphatic rings. The molecule has 0 fully saturated rings. The summed E-state index contributed by atoms with van der Waals surface area (Å²) in [6.07, 6.45) is 0. The normalized spacial score (nSPS) is 11.7. The smallest absolute Gasteiger partial charge is 0.345 e. The maximum absolute atomic E-state index is 12.6. The molecule has 0 bridgehead atoms. The van der Waals surface area contributed by atoms with E-state index in [2.05, 4.69) is 60.7 Å². The second-order valence-electron chi connectivity index (χ2n) is 9.32. The quantitative estimate of drug-likeness (QED) is 0.181. The van der Waals surface area contributed by atoms with Gasteiger partial charge in [0.2, 0.25) is 0 Å². The van der Waals surface area contributed by atoms with Gasteiger partial charge in [0.1, 0.15) is 11.4 Å². The zero-order valence-corrected chi connectivity index (χ0v) is 21.3. The van der Waals surface area contributed by atoms with Crippen LogP contribution >= 0.6 is 10.5 Å². The molecule has 0 aliphatic heterocycles. The van der Waals surface area contributed by atoms with Crippen LogP contribution in [0.25, 0.3) is 25.1 Å². The summed E-state index contributed by atoms with van der Waals surface area (Å²) in [5, 5.41) is 2.62. The zero-order valence-electron chi connectivity index (χ0n) is 20.5. The first kappa shape index (κ1) is 23.1. The van der Waals surface area contributed by atoms with Crippen LogP contribution in [0.1, 0.15) is 30.5 Å². The first-order valence-electron chi connectivity index (χ1n) is 11.8. The Kier molecular flexibility index (Phi) is 6.08. The number of carbonyl (C=O) groups excluding carboxylic acids is 1. The Morgan fingerprint density at radius 1 is 0.771 bits per heavy atom.